The van der Waals surface area contributed by atoms with Gasteiger partial charge in [0.1, 0.15) is 0 Å². The van der Waals surface area contributed by atoms with Crippen LogP contribution in [0, 0.1) is 5.92 Å². The SMILES string of the molecule is O=C(O)c1ccc2c(C3CCCCC3)c3n(c2c1)CC(C(=O)N1CCOCC1)Cc1ccncc1-3. The van der Waals surface area contributed by atoms with Gasteiger partial charge < -0.3 is 19.3 Å². The van der Waals surface area contributed by atoms with Crippen LogP contribution in [-0.4, -0.2) is 57.7 Å². The van der Waals surface area contributed by atoms with Gasteiger partial charge in [-0.15, -0.1) is 0 Å². The number of pyridine rings is 1. The molecule has 0 bridgehead atoms. The average Bonchev–Trinajstić information content (AvgIpc) is 3.11. The molecular weight excluding hydrogens is 442 g/mol. The molecule has 182 valence electrons. The Bertz CT molecular complexity index is 1280. The van der Waals surface area contributed by atoms with E-state index in [1.165, 1.54) is 24.8 Å². The minimum Gasteiger partial charge on any atom is -0.478 e. The number of aromatic nitrogens is 2. The summed E-state index contributed by atoms with van der Waals surface area (Å²) in [5, 5.41) is 10.9. The highest BCUT2D eigenvalue weighted by Gasteiger charge is 2.35. The Morgan fingerprint density at radius 2 is 1.86 bits per heavy atom. The number of rotatable bonds is 3. The number of ether oxygens (including phenoxy) is 1. The summed E-state index contributed by atoms with van der Waals surface area (Å²) in [6.07, 6.45) is 10.4. The molecule has 0 spiro atoms. The van der Waals surface area contributed by atoms with Crippen LogP contribution in [0.15, 0.2) is 36.7 Å². The van der Waals surface area contributed by atoms with Gasteiger partial charge in [0.25, 0.3) is 0 Å². The third-order valence-electron chi connectivity index (χ3n) is 8.07. The minimum absolute atomic E-state index is 0.152. The van der Waals surface area contributed by atoms with Gasteiger partial charge in [-0.05, 0) is 54.5 Å². The molecule has 3 aromatic rings. The molecule has 1 amide bonds. The molecule has 2 aliphatic heterocycles. The van der Waals surface area contributed by atoms with Crippen LogP contribution in [0.3, 0.4) is 0 Å². The van der Waals surface area contributed by atoms with E-state index in [1.54, 1.807) is 12.1 Å². The van der Waals surface area contributed by atoms with Crippen molar-refractivity contribution in [2.45, 2.75) is 51.0 Å². The summed E-state index contributed by atoms with van der Waals surface area (Å²) in [7, 11) is 0. The molecule has 1 N–H and O–H groups in total. The number of aromatic carboxylic acids is 1. The molecule has 1 saturated carbocycles. The van der Waals surface area contributed by atoms with Crippen LogP contribution >= 0.6 is 0 Å². The smallest absolute Gasteiger partial charge is 0.335 e. The molecular formula is C28H31N3O4. The second kappa shape index (κ2) is 9.11. The number of carbonyl (C=O) groups is 2. The summed E-state index contributed by atoms with van der Waals surface area (Å²) < 4.78 is 7.71. The van der Waals surface area contributed by atoms with E-state index >= 15 is 0 Å². The molecule has 1 unspecified atom stereocenters. The predicted octanol–water partition coefficient (Wildman–Crippen LogP) is 4.48. The van der Waals surface area contributed by atoms with E-state index in [4.69, 9.17) is 4.74 Å². The van der Waals surface area contributed by atoms with Gasteiger partial charge in [0.05, 0.1) is 30.4 Å². The van der Waals surface area contributed by atoms with Crippen LogP contribution in [0.25, 0.3) is 22.2 Å². The number of benzene rings is 1. The summed E-state index contributed by atoms with van der Waals surface area (Å²) >= 11 is 0. The van der Waals surface area contributed by atoms with E-state index in [0.717, 1.165) is 40.6 Å². The molecule has 3 aliphatic rings. The lowest BCUT2D eigenvalue weighted by atomic mass is 9.81. The lowest BCUT2D eigenvalue weighted by molar-refractivity contribution is -0.140. The summed E-state index contributed by atoms with van der Waals surface area (Å²) in [5.74, 6) is -0.575. The highest BCUT2D eigenvalue weighted by atomic mass is 16.5. The average molecular weight is 474 g/mol. The molecule has 1 saturated heterocycles. The van der Waals surface area contributed by atoms with Gasteiger partial charge in [0, 0.05) is 48.5 Å². The van der Waals surface area contributed by atoms with Gasteiger partial charge in [-0.1, -0.05) is 25.3 Å². The van der Waals surface area contributed by atoms with E-state index < -0.39 is 5.97 Å². The number of hydrogen-bond donors (Lipinski definition) is 1. The van der Waals surface area contributed by atoms with Gasteiger partial charge in [0.2, 0.25) is 5.91 Å². The first-order valence-corrected chi connectivity index (χ1v) is 12.8. The van der Waals surface area contributed by atoms with E-state index in [0.29, 0.717) is 45.2 Å². The van der Waals surface area contributed by atoms with Crippen LogP contribution < -0.4 is 0 Å². The first-order valence-electron chi connectivity index (χ1n) is 12.8. The minimum atomic E-state index is -0.932. The number of fused-ring (bicyclic) bond motifs is 5. The molecule has 6 rings (SSSR count). The first kappa shape index (κ1) is 22.3. The van der Waals surface area contributed by atoms with Gasteiger partial charge in [-0.2, -0.15) is 0 Å². The number of amides is 1. The Hall–Kier alpha value is -3.19. The summed E-state index contributed by atoms with van der Waals surface area (Å²) in [5.41, 5.74) is 5.86. The topological polar surface area (TPSA) is 84.7 Å². The Morgan fingerprint density at radius 1 is 1.06 bits per heavy atom. The fraction of sp³-hybridized carbons (Fsp3) is 0.464. The molecule has 0 radical (unpaired) electrons. The Morgan fingerprint density at radius 3 is 2.63 bits per heavy atom. The molecule has 1 atom stereocenters. The lowest BCUT2D eigenvalue weighted by Crippen LogP contribution is -2.45. The van der Waals surface area contributed by atoms with Crippen molar-refractivity contribution in [1.29, 1.82) is 0 Å². The van der Waals surface area contributed by atoms with Crippen molar-refractivity contribution < 1.29 is 19.4 Å². The third-order valence-corrected chi connectivity index (χ3v) is 8.07. The molecule has 1 aromatic carbocycles. The standard InChI is InChI=1S/C28H31N3O4/c32-27(30-10-12-35-13-11-30)21-14-19-8-9-29-16-23(19)26-25(18-4-2-1-3-5-18)22-7-6-20(28(33)34)15-24(22)31(26)17-21/h6-9,15-16,18,21H,1-5,10-14,17H2,(H,33,34). The molecule has 35 heavy (non-hydrogen) atoms. The van der Waals surface area contributed by atoms with Gasteiger partial charge in [-0.25, -0.2) is 4.79 Å². The normalized spacial score (nSPS) is 20.8. The number of carboxylic acid groups (broad SMARTS) is 1. The molecule has 1 aliphatic carbocycles. The summed E-state index contributed by atoms with van der Waals surface area (Å²) in [6.45, 7) is 2.92. The van der Waals surface area contributed by atoms with E-state index in [9.17, 15) is 14.7 Å². The zero-order valence-electron chi connectivity index (χ0n) is 19.9. The number of nitrogens with zero attached hydrogens (tertiary/aromatic N) is 3. The Kier molecular flexibility index (Phi) is 5.80. The van der Waals surface area contributed by atoms with Crippen molar-refractivity contribution in [3.05, 3.63) is 53.3 Å². The van der Waals surface area contributed by atoms with Crippen molar-refractivity contribution in [3.8, 4) is 11.3 Å². The molecule has 7 heteroatoms. The fourth-order valence-corrected chi connectivity index (χ4v) is 6.37. The lowest BCUT2D eigenvalue weighted by Gasteiger charge is -2.30. The number of morpholine rings is 1. The summed E-state index contributed by atoms with van der Waals surface area (Å²) in [6, 6.07) is 7.55. The van der Waals surface area contributed by atoms with Crippen LogP contribution in [0.4, 0.5) is 0 Å². The zero-order chi connectivity index (χ0) is 23.9. The monoisotopic (exact) mass is 473 g/mol. The maximum absolute atomic E-state index is 13.7. The van der Waals surface area contributed by atoms with Crippen molar-refractivity contribution in [2.24, 2.45) is 5.92 Å². The quantitative estimate of drug-likeness (QED) is 0.606. The van der Waals surface area contributed by atoms with Gasteiger partial charge >= 0.3 is 5.97 Å². The molecule has 7 nitrogen and oxygen atoms in total. The van der Waals surface area contributed by atoms with E-state index in [2.05, 4.69) is 15.6 Å². The molecule has 2 aromatic heterocycles. The molecule has 4 heterocycles. The molecule has 2 fully saturated rings. The van der Waals surface area contributed by atoms with Crippen molar-refractivity contribution >= 4 is 22.8 Å². The van der Waals surface area contributed by atoms with Crippen LogP contribution in [0.1, 0.15) is 59.5 Å². The van der Waals surface area contributed by atoms with Crippen LogP contribution in [-0.2, 0) is 22.5 Å². The second-order valence-electron chi connectivity index (χ2n) is 10.1. The number of carboxylic acids is 1. The van der Waals surface area contributed by atoms with Crippen molar-refractivity contribution in [3.63, 3.8) is 0 Å². The Balaban J connectivity index is 1.56. The highest BCUT2D eigenvalue weighted by molar-refractivity contribution is 5.98. The largest absolute Gasteiger partial charge is 0.478 e. The third kappa shape index (κ3) is 3.92. The number of hydrogen-bond acceptors (Lipinski definition) is 4. The first-order chi connectivity index (χ1) is 17.1. The van der Waals surface area contributed by atoms with E-state index in [-0.39, 0.29) is 17.4 Å². The second-order valence-corrected chi connectivity index (χ2v) is 10.1. The Labute approximate surface area is 204 Å². The van der Waals surface area contributed by atoms with Gasteiger partial charge in [0.15, 0.2) is 0 Å². The maximum atomic E-state index is 13.7. The van der Waals surface area contributed by atoms with Crippen LogP contribution in [0.2, 0.25) is 0 Å². The fourth-order valence-electron chi connectivity index (χ4n) is 6.37. The summed E-state index contributed by atoms with van der Waals surface area (Å²) in [4.78, 5) is 32.0. The zero-order valence-corrected chi connectivity index (χ0v) is 19.9. The van der Waals surface area contributed by atoms with Gasteiger partial charge in [-0.3, -0.25) is 9.78 Å². The number of carbonyl (C=O) groups excluding carboxylic acids is 1. The predicted molar refractivity (Wildman–Crippen MR) is 133 cm³/mol. The highest BCUT2D eigenvalue weighted by Crippen LogP contribution is 2.46. The van der Waals surface area contributed by atoms with E-state index in [1.807, 2.05) is 23.4 Å². The van der Waals surface area contributed by atoms with Crippen LogP contribution in [0.5, 0.6) is 0 Å². The van der Waals surface area contributed by atoms with Crippen molar-refractivity contribution in [1.82, 2.24) is 14.5 Å². The van der Waals surface area contributed by atoms with Crippen molar-refractivity contribution in [2.75, 3.05) is 26.3 Å². The maximum Gasteiger partial charge on any atom is 0.335 e.